The summed E-state index contributed by atoms with van der Waals surface area (Å²) in [4.78, 5) is 7.31. The van der Waals surface area contributed by atoms with Gasteiger partial charge in [0.2, 0.25) is 10.0 Å². The molecule has 2 aliphatic heterocycles. The molecule has 3 aliphatic rings. The van der Waals surface area contributed by atoms with Gasteiger partial charge in [-0.25, -0.2) is 13.1 Å². The van der Waals surface area contributed by atoms with E-state index < -0.39 is 10.0 Å². The number of anilines is 1. The van der Waals surface area contributed by atoms with E-state index in [0.717, 1.165) is 54.9 Å². The molecule has 5 rings (SSSR count). The molecular weight excluding hydrogens is 418 g/mol. The van der Waals surface area contributed by atoms with Crippen molar-refractivity contribution in [2.45, 2.75) is 50.3 Å². The maximum absolute atomic E-state index is 12.1. The lowest BCUT2D eigenvalue weighted by Crippen LogP contribution is -2.26. The van der Waals surface area contributed by atoms with Gasteiger partial charge in [0, 0.05) is 48.9 Å². The molecule has 1 aliphatic carbocycles. The van der Waals surface area contributed by atoms with Crippen molar-refractivity contribution in [3.05, 3.63) is 58.1 Å². The highest BCUT2D eigenvalue weighted by Gasteiger charge is 2.35. The van der Waals surface area contributed by atoms with Crippen LogP contribution in [0.2, 0.25) is 5.02 Å². The Bertz CT molecular complexity index is 1100. The van der Waals surface area contributed by atoms with Gasteiger partial charge in [0.25, 0.3) is 0 Å². The van der Waals surface area contributed by atoms with Gasteiger partial charge in [-0.15, -0.1) is 0 Å². The standard InChI is InChI=1S/C23H26ClN3O2S/c24-22-8-3-16(15-25-30(28,29)21-6-7-21)11-18(22)13-19-12-17-4-5-20(14-23(17)26-19)27-9-1-2-10-27/h3-5,8,11,14,21,25H,1-2,6-7,9-10,12-13,15H2. The van der Waals surface area contributed by atoms with Crippen LogP contribution in [-0.2, 0) is 29.4 Å². The van der Waals surface area contributed by atoms with Gasteiger partial charge in [-0.05, 0) is 60.6 Å². The Labute approximate surface area is 183 Å². The molecule has 1 N–H and O–H groups in total. The molecule has 0 atom stereocenters. The number of hydrogen-bond donors (Lipinski definition) is 1. The van der Waals surface area contributed by atoms with Crippen LogP contribution in [-0.4, -0.2) is 32.5 Å². The fourth-order valence-electron chi connectivity index (χ4n) is 4.28. The Balaban J connectivity index is 1.29. The van der Waals surface area contributed by atoms with E-state index in [4.69, 9.17) is 16.6 Å². The molecule has 1 saturated heterocycles. The van der Waals surface area contributed by atoms with Crippen molar-refractivity contribution < 1.29 is 8.42 Å². The lowest BCUT2D eigenvalue weighted by Gasteiger charge is -2.17. The molecule has 7 heteroatoms. The zero-order valence-electron chi connectivity index (χ0n) is 16.9. The molecule has 2 fully saturated rings. The van der Waals surface area contributed by atoms with Crippen LogP contribution in [0.4, 0.5) is 11.4 Å². The van der Waals surface area contributed by atoms with Crippen LogP contribution in [0.15, 0.2) is 41.4 Å². The Kier molecular flexibility index (Phi) is 5.33. The average molecular weight is 444 g/mol. The molecule has 0 spiro atoms. The first kappa shape index (κ1) is 20.0. The van der Waals surface area contributed by atoms with Crippen molar-refractivity contribution in [3.63, 3.8) is 0 Å². The summed E-state index contributed by atoms with van der Waals surface area (Å²) in [7, 11) is -3.19. The van der Waals surface area contributed by atoms with Crippen molar-refractivity contribution in [1.29, 1.82) is 0 Å². The van der Waals surface area contributed by atoms with E-state index in [-0.39, 0.29) is 5.25 Å². The van der Waals surface area contributed by atoms with Gasteiger partial charge < -0.3 is 4.90 Å². The molecule has 1 saturated carbocycles. The second-order valence-corrected chi connectivity index (χ2v) is 11.0. The summed E-state index contributed by atoms with van der Waals surface area (Å²) >= 11 is 6.45. The zero-order valence-corrected chi connectivity index (χ0v) is 18.5. The number of hydrogen-bond acceptors (Lipinski definition) is 4. The first-order valence-electron chi connectivity index (χ1n) is 10.7. The predicted molar refractivity (Wildman–Crippen MR) is 123 cm³/mol. The predicted octanol–water partition coefficient (Wildman–Crippen LogP) is 4.39. The monoisotopic (exact) mass is 443 g/mol. The van der Waals surface area contributed by atoms with Crippen molar-refractivity contribution in [2.75, 3.05) is 18.0 Å². The summed E-state index contributed by atoms with van der Waals surface area (Å²) in [6, 6.07) is 12.4. The lowest BCUT2D eigenvalue weighted by atomic mass is 10.0. The minimum Gasteiger partial charge on any atom is -0.371 e. The maximum Gasteiger partial charge on any atom is 0.214 e. The number of benzene rings is 2. The molecule has 2 aromatic carbocycles. The van der Waals surface area contributed by atoms with Crippen molar-refractivity contribution >= 4 is 38.7 Å². The van der Waals surface area contributed by atoms with Gasteiger partial charge in [-0.2, -0.15) is 0 Å². The van der Waals surface area contributed by atoms with Gasteiger partial charge in [-0.3, -0.25) is 4.99 Å². The SMILES string of the molecule is O=S(=O)(NCc1ccc(Cl)c(CC2=Nc3cc(N4CCCC4)ccc3C2)c1)C1CC1. The second-order valence-electron chi connectivity index (χ2n) is 8.53. The first-order chi connectivity index (χ1) is 14.5. The number of fused-ring (bicyclic) bond motifs is 1. The van der Waals surface area contributed by atoms with Crippen LogP contribution < -0.4 is 9.62 Å². The summed E-state index contributed by atoms with van der Waals surface area (Å²) in [6.45, 7) is 2.55. The Hall–Kier alpha value is -1.89. The van der Waals surface area contributed by atoms with Gasteiger partial charge in [0.15, 0.2) is 0 Å². The summed E-state index contributed by atoms with van der Waals surface area (Å²) in [5.41, 5.74) is 6.61. The third-order valence-corrected chi connectivity index (χ3v) is 8.42. The molecule has 0 amide bonds. The quantitative estimate of drug-likeness (QED) is 0.690. The molecule has 2 heterocycles. The first-order valence-corrected chi connectivity index (χ1v) is 12.6. The number of halogens is 1. The topological polar surface area (TPSA) is 61.8 Å². The van der Waals surface area contributed by atoms with Crippen molar-refractivity contribution in [1.82, 2.24) is 4.72 Å². The van der Waals surface area contributed by atoms with Gasteiger partial charge in [0.1, 0.15) is 0 Å². The van der Waals surface area contributed by atoms with Crippen molar-refractivity contribution in [3.8, 4) is 0 Å². The highest BCUT2D eigenvalue weighted by molar-refractivity contribution is 7.90. The highest BCUT2D eigenvalue weighted by Crippen LogP contribution is 2.34. The molecule has 0 aromatic heterocycles. The maximum atomic E-state index is 12.1. The Morgan fingerprint density at radius 2 is 1.90 bits per heavy atom. The Morgan fingerprint density at radius 1 is 1.10 bits per heavy atom. The molecule has 2 aromatic rings. The third kappa shape index (κ3) is 4.27. The molecule has 158 valence electrons. The average Bonchev–Trinajstić information content (AvgIpc) is 3.31. The van der Waals surface area contributed by atoms with E-state index >= 15 is 0 Å². The molecular formula is C23H26ClN3O2S. The fourth-order valence-corrected chi connectivity index (χ4v) is 5.83. The van der Waals surface area contributed by atoms with Crippen LogP contribution in [0.1, 0.15) is 42.4 Å². The number of nitrogens with one attached hydrogen (secondary N) is 1. The summed E-state index contributed by atoms with van der Waals surface area (Å²) in [5, 5.41) is 0.487. The minimum absolute atomic E-state index is 0.207. The third-order valence-electron chi connectivity index (χ3n) is 6.16. The fraction of sp³-hybridized carbons (Fsp3) is 0.435. The van der Waals surface area contributed by atoms with Crippen molar-refractivity contribution in [2.24, 2.45) is 4.99 Å². The number of aliphatic imine (C=N–C) groups is 1. The van der Waals surface area contributed by atoms with E-state index in [1.165, 1.54) is 24.1 Å². The summed E-state index contributed by atoms with van der Waals surface area (Å²) in [6.07, 6.45) is 5.57. The number of nitrogens with zero attached hydrogens (tertiary/aromatic N) is 2. The molecule has 0 bridgehead atoms. The largest absolute Gasteiger partial charge is 0.371 e. The van der Waals surface area contributed by atoms with E-state index in [2.05, 4.69) is 27.8 Å². The second kappa shape index (κ2) is 7.98. The minimum atomic E-state index is -3.19. The van der Waals surface area contributed by atoms with Crippen LogP contribution in [0.3, 0.4) is 0 Å². The zero-order chi connectivity index (χ0) is 20.7. The smallest absolute Gasteiger partial charge is 0.214 e. The van der Waals surface area contributed by atoms with Crippen LogP contribution in [0.5, 0.6) is 0 Å². The van der Waals surface area contributed by atoms with Crippen LogP contribution >= 0.6 is 11.6 Å². The lowest BCUT2D eigenvalue weighted by molar-refractivity contribution is 0.580. The number of sulfonamides is 1. The molecule has 5 nitrogen and oxygen atoms in total. The highest BCUT2D eigenvalue weighted by atomic mass is 35.5. The van der Waals surface area contributed by atoms with E-state index in [1.54, 1.807) is 0 Å². The number of rotatable bonds is 7. The molecule has 0 unspecified atom stereocenters. The normalized spacial score (nSPS) is 18.6. The van der Waals surface area contributed by atoms with Gasteiger partial charge in [-0.1, -0.05) is 29.8 Å². The molecule has 30 heavy (non-hydrogen) atoms. The summed E-state index contributed by atoms with van der Waals surface area (Å²) < 4.78 is 26.9. The van der Waals surface area contributed by atoms with E-state index in [0.29, 0.717) is 18.0 Å². The summed E-state index contributed by atoms with van der Waals surface area (Å²) in [5.74, 6) is 0. The van der Waals surface area contributed by atoms with Gasteiger partial charge >= 0.3 is 0 Å². The van der Waals surface area contributed by atoms with Crippen LogP contribution in [0, 0.1) is 0 Å². The van der Waals surface area contributed by atoms with Gasteiger partial charge in [0.05, 0.1) is 10.9 Å². The molecule has 0 radical (unpaired) electrons. The van der Waals surface area contributed by atoms with E-state index in [1.807, 2.05) is 18.2 Å². The Morgan fingerprint density at radius 3 is 2.67 bits per heavy atom. The van der Waals surface area contributed by atoms with Crippen LogP contribution in [0.25, 0.3) is 0 Å². The van der Waals surface area contributed by atoms with E-state index in [9.17, 15) is 8.42 Å².